The van der Waals surface area contributed by atoms with Gasteiger partial charge < -0.3 is 14.6 Å². The number of aromatic nitrogens is 2. The van der Waals surface area contributed by atoms with Crippen molar-refractivity contribution in [1.29, 1.82) is 0 Å². The van der Waals surface area contributed by atoms with Crippen molar-refractivity contribution in [2.45, 2.75) is 39.0 Å². The van der Waals surface area contributed by atoms with Crippen LogP contribution < -0.4 is 5.32 Å². The van der Waals surface area contributed by atoms with Gasteiger partial charge in [0.25, 0.3) is 0 Å². The van der Waals surface area contributed by atoms with Crippen LogP contribution in [-0.2, 0) is 11.3 Å². The van der Waals surface area contributed by atoms with Crippen molar-refractivity contribution in [1.82, 2.24) is 9.55 Å². The molecule has 2 atom stereocenters. The lowest BCUT2D eigenvalue weighted by atomic mass is 10.1. The molecular formula is C10H17N3O. The Labute approximate surface area is 84.3 Å². The van der Waals surface area contributed by atoms with Gasteiger partial charge in [-0.25, -0.2) is 4.98 Å². The Hall–Kier alpha value is -1.03. The molecule has 2 unspecified atom stereocenters. The molecule has 4 nitrogen and oxygen atoms in total. The molecule has 0 spiro atoms. The average Bonchev–Trinajstić information content (AvgIpc) is 2.48. The van der Waals surface area contributed by atoms with Gasteiger partial charge in [-0.1, -0.05) is 0 Å². The van der Waals surface area contributed by atoms with Gasteiger partial charge in [0, 0.05) is 25.4 Å². The number of hydrogen-bond acceptors (Lipinski definition) is 3. The maximum Gasteiger partial charge on any atom is 0.203 e. The maximum atomic E-state index is 5.06. The van der Waals surface area contributed by atoms with Gasteiger partial charge in [0.2, 0.25) is 5.95 Å². The van der Waals surface area contributed by atoms with E-state index in [0.717, 1.165) is 18.1 Å². The molecule has 1 aliphatic heterocycles. The Morgan fingerprint density at radius 3 is 3.14 bits per heavy atom. The third-order valence-corrected chi connectivity index (χ3v) is 2.62. The molecule has 2 heterocycles. The fourth-order valence-electron chi connectivity index (χ4n) is 2.01. The number of methoxy groups -OCH3 is 1. The van der Waals surface area contributed by atoms with Crippen molar-refractivity contribution >= 4 is 5.95 Å². The molecule has 1 aliphatic rings. The van der Waals surface area contributed by atoms with Crippen LogP contribution in [0.5, 0.6) is 0 Å². The lowest BCUT2D eigenvalue weighted by molar-refractivity contribution is 0.182. The number of nitrogens with zero attached hydrogens (tertiary/aromatic N) is 2. The highest BCUT2D eigenvalue weighted by Crippen LogP contribution is 2.26. The number of nitrogens with one attached hydrogen (secondary N) is 1. The van der Waals surface area contributed by atoms with Crippen LogP contribution in [-0.4, -0.2) is 22.7 Å². The van der Waals surface area contributed by atoms with E-state index >= 15 is 0 Å². The van der Waals surface area contributed by atoms with Crippen LogP contribution in [0.25, 0.3) is 0 Å². The third-order valence-electron chi connectivity index (χ3n) is 2.62. The second-order valence-corrected chi connectivity index (χ2v) is 4.03. The molecule has 0 amide bonds. The van der Waals surface area contributed by atoms with Gasteiger partial charge in [0.1, 0.15) is 0 Å². The van der Waals surface area contributed by atoms with E-state index in [-0.39, 0.29) is 0 Å². The minimum atomic E-state index is 0.510. The van der Waals surface area contributed by atoms with Gasteiger partial charge in [-0.3, -0.25) is 0 Å². The van der Waals surface area contributed by atoms with Crippen LogP contribution in [0.2, 0.25) is 0 Å². The Morgan fingerprint density at radius 1 is 1.64 bits per heavy atom. The smallest absolute Gasteiger partial charge is 0.203 e. The number of rotatable bonds is 2. The molecule has 4 heteroatoms. The van der Waals surface area contributed by atoms with Crippen molar-refractivity contribution in [2.75, 3.05) is 12.4 Å². The van der Waals surface area contributed by atoms with E-state index in [1.807, 2.05) is 0 Å². The second-order valence-electron chi connectivity index (χ2n) is 4.03. The second kappa shape index (κ2) is 3.61. The fourth-order valence-corrected chi connectivity index (χ4v) is 2.01. The number of hydrogen-bond donors (Lipinski definition) is 1. The van der Waals surface area contributed by atoms with E-state index in [4.69, 9.17) is 4.74 Å². The summed E-state index contributed by atoms with van der Waals surface area (Å²) >= 11 is 0. The summed E-state index contributed by atoms with van der Waals surface area (Å²) < 4.78 is 7.25. The Bertz CT molecular complexity index is 321. The standard InChI is InChI=1S/C10H17N3O/c1-7-4-8(2)13-5-9(6-14-3)12-10(13)11-7/h5,7-8H,4,6H2,1-3H3,(H,11,12). The van der Waals surface area contributed by atoms with Gasteiger partial charge in [-0.15, -0.1) is 0 Å². The van der Waals surface area contributed by atoms with Crippen molar-refractivity contribution in [3.05, 3.63) is 11.9 Å². The zero-order chi connectivity index (χ0) is 10.1. The zero-order valence-corrected chi connectivity index (χ0v) is 8.95. The van der Waals surface area contributed by atoms with E-state index < -0.39 is 0 Å². The van der Waals surface area contributed by atoms with Crippen molar-refractivity contribution < 1.29 is 4.74 Å². The number of anilines is 1. The minimum absolute atomic E-state index is 0.510. The van der Waals surface area contributed by atoms with E-state index in [9.17, 15) is 0 Å². The molecule has 0 aromatic carbocycles. The van der Waals surface area contributed by atoms with Gasteiger partial charge >= 0.3 is 0 Å². The molecular weight excluding hydrogens is 178 g/mol. The number of fused-ring (bicyclic) bond motifs is 1. The summed E-state index contributed by atoms with van der Waals surface area (Å²) in [6, 6.07) is 1.04. The summed E-state index contributed by atoms with van der Waals surface area (Å²) in [4.78, 5) is 4.47. The summed E-state index contributed by atoms with van der Waals surface area (Å²) in [5.41, 5.74) is 0.996. The van der Waals surface area contributed by atoms with Crippen LogP contribution in [0.3, 0.4) is 0 Å². The fraction of sp³-hybridized carbons (Fsp3) is 0.700. The molecule has 1 aromatic rings. The molecule has 0 saturated carbocycles. The summed E-state index contributed by atoms with van der Waals surface area (Å²) in [7, 11) is 1.69. The van der Waals surface area contributed by atoms with Gasteiger partial charge in [-0.2, -0.15) is 0 Å². The molecule has 1 N–H and O–H groups in total. The third kappa shape index (κ3) is 1.62. The molecule has 14 heavy (non-hydrogen) atoms. The first-order valence-corrected chi connectivity index (χ1v) is 5.04. The van der Waals surface area contributed by atoms with E-state index in [0.29, 0.717) is 18.7 Å². The van der Waals surface area contributed by atoms with Crippen LogP contribution >= 0.6 is 0 Å². The van der Waals surface area contributed by atoms with Crippen molar-refractivity contribution in [2.24, 2.45) is 0 Å². The van der Waals surface area contributed by atoms with E-state index in [2.05, 4.69) is 34.9 Å². The molecule has 1 aromatic heterocycles. The predicted molar refractivity (Wildman–Crippen MR) is 55.4 cm³/mol. The summed E-state index contributed by atoms with van der Waals surface area (Å²) in [5, 5.41) is 3.37. The van der Waals surface area contributed by atoms with E-state index in [1.54, 1.807) is 7.11 Å². The predicted octanol–water partition coefficient (Wildman–Crippen LogP) is 1.79. The maximum absolute atomic E-state index is 5.06. The normalized spacial score (nSPS) is 25.6. The van der Waals surface area contributed by atoms with Crippen LogP contribution in [0, 0.1) is 0 Å². The first-order chi connectivity index (χ1) is 6.70. The lowest BCUT2D eigenvalue weighted by Crippen LogP contribution is -2.28. The van der Waals surface area contributed by atoms with Crippen LogP contribution in [0.1, 0.15) is 32.0 Å². The van der Waals surface area contributed by atoms with Gasteiger partial charge in [-0.05, 0) is 20.3 Å². The topological polar surface area (TPSA) is 39.1 Å². The molecule has 78 valence electrons. The molecule has 0 radical (unpaired) electrons. The zero-order valence-electron chi connectivity index (χ0n) is 8.95. The van der Waals surface area contributed by atoms with Crippen molar-refractivity contribution in [3.8, 4) is 0 Å². The van der Waals surface area contributed by atoms with Crippen LogP contribution in [0.15, 0.2) is 6.20 Å². The summed E-state index contributed by atoms with van der Waals surface area (Å²) in [5.74, 6) is 0.975. The number of imidazole rings is 1. The molecule has 0 fully saturated rings. The quantitative estimate of drug-likeness (QED) is 0.782. The van der Waals surface area contributed by atoms with Gasteiger partial charge in [0.05, 0.1) is 12.3 Å². The Balaban J connectivity index is 2.26. The number of ether oxygens (including phenoxy) is 1. The van der Waals surface area contributed by atoms with Crippen LogP contribution in [0.4, 0.5) is 5.95 Å². The minimum Gasteiger partial charge on any atom is -0.378 e. The highest BCUT2D eigenvalue weighted by atomic mass is 16.5. The highest BCUT2D eigenvalue weighted by molar-refractivity contribution is 5.33. The van der Waals surface area contributed by atoms with Crippen molar-refractivity contribution in [3.63, 3.8) is 0 Å². The molecule has 0 saturated heterocycles. The lowest BCUT2D eigenvalue weighted by Gasteiger charge is -2.27. The summed E-state index contributed by atoms with van der Waals surface area (Å²) in [6.45, 7) is 4.99. The Morgan fingerprint density at radius 2 is 2.43 bits per heavy atom. The molecule has 0 bridgehead atoms. The monoisotopic (exact) mass is 195 g/mol. The highest BCUT2D eigenvalue weighted by Gasteiger charge is 2.21. The summed E-state index contributed by atoms with van der Waals surface area (Å²) in [6.07, 6.45) is 3.22. The largest absolute Gasteiger partial charge is 0.378 e. The van der Waals surface area contributed by atoms with Gasteiger partial charge in [0.15, 0.2) is 0 Å². The molecule has 2 rings (SSSR count). The average molecular weight is 195 g/mol. The first-order valence-electron chi connectivity index (χ1n) is 5.04. The Kier molecular flexibility index (Phi) is 2.46. The first kappa shape index (κ1) is 9.52. The SMILES string of the molecule is COCc1cn2c(n1)NC(C)CC2C. The van der Waals surface area contributed by atoms with E-state index in [1.165, 1.54) is 0 Å². The molecule has 0 aliphatic carbocycles.